The lowest BCUT2D eigenvalue weighted by molar-refractivity contribution is 0.486. The van der Waals surface area contributed by atoms with Crippen molar-refractivity contribution in [2.24, 2.45) is 5.14 Å². The molecule has 0 aliphatic heterocycles. The van der Waals surface area contributed by atoms with Crippen LogP contribution in [0.15, 0.2) is 0 Å². The fraction of sp³-hybridized carbons (Fsp3) is 1.00. The highest BCUT2D eigenvalue weighted by Crippen LogP contribution is 1.91. The maximum atomic E-state index is 10.6. The van der Waals surface area contributed by atoms with Crippen LogP contribution in [0.25, 0.3) is 0 Å². The summed E-state index contributed by atoms with van der Waals surface area (Å²) in [4.78, 5) is 0. The van der Waals surface area contributed by atoms with Crippen molar-refractivity contribution in [3.05, 3.63) is 0 Å². The van der Waals surface area contributed by atoms with E-state index in [1.54, 1.807) is 0 Å². The van der Waals surface area contributed by atoms with Crippen LogP contribution in [0.3, 0.4) is 0 Å². The Kier molecular flexibility index (Phi) is 3.63. The van der Waals surface area contributed by atoms with Gasteiger partial charge in [-0.1, -0.05) is 0 Å². The van der Waals surface area contributed by atoms with Crippen molar-refractivity contribution in [1.82, 2.24) is 4.31 Å². The van der Waals surface area contributed by atoms with Crippen molar-refractivity contribution in [3.8, 4) is 0 Å². The summed E-state index contributed by atoms with van der Waals surface area (Å²) in [5.74, 6) is -0.222. The molecule has 0 bridgehead atoms. The van der Waals surface area contributed by atoms with Crippen molar-refractivity contribution in [1.29, 1.82) is 0 Å². The maximum Gasteiger partial charge on any atom is 0.276 e. The third kappa shape index (κ3) is 5.47. The molecule has 0 aromatic carbocycles. The monoisotopic (exact) mass is 216 g/mol. The van der Waals surface area contributed by atoms with E-state index < -0.39 is 20.0 Å². The molecular formula is C4H12N2O4S2. The van der Waals surface area contributed by atoms with E-state index >= 15 is 0 Å². The smallest absolute Gasteiger partial charge is 0.229 e. The van der Waals surface area contributed by atoms with Gasteiger partial charge in [-0.25, -0.2) is 13.6 Å². The summed E-state index contributed by atoms with van der Waals surface area (Å²) in [6, 6.07) is 0. The lowest BCUT2D eigenvalue weighted by Gasteiger charge is -2.11. The zero-order valence-corrected chi connectivity index (χ0v) is 8.52. The number of hydrogen-bond acceptors (Lipinski definition) is 4. The van der Waals surface area contributed by atoms with Crippen LogP contribution in [0.4, 0.5) is 0 Å². The summed E-state index contributed by atoms with van der Waals surface area (Å²) in [5.41, 5.74) is 0. The molecule has 12 heavy (non-hydrogen) atoms. The Balaban J connectivity index is 4.16. The van der Waals surface area contributed by atoms with Gasteiger partial charge in [-0.15, -0.1) is 0 Å². The molecule has 0 amide bonds. The standard InChI is InChI=1S/C4H12N2O4S2/c1-6(12(5,9)10)3-4-11(2,7)8/h3-4H2,1-2H3,(H2,5,9,10). The molecule has 0 aliphatic rings. The highest BCUT2D eigenvalue weighted by molar-refractivity contribution is 7.90. The fourth-order valence-corrected chi connectivity index (χ4v) is 1.49. The van der Waals surface area contributed by atoms with E-state index in [0.717, 1.165) is 10.6 Å². The van der Waals surface area contributed by atoms with Gasteiger partial charge in [0.25, 0.3) is 10.2 Å². The second-order valence-electron chi connectivity index (χ2n) is 2.50. The number of hydrogen-bond donors (Lipinski definition) is 1. The minimum Gasteiger partial charge on any atom is -0.229 e. The molecular weight excluding hydrogens is 204 g/mol. The van der Waals surface area contributed by atoms with Gasteiger partial charge in [0, 0.05) is 19.8 Å². The molecule has 0 rings (SSSR count). The Bertz CT molecular complexity index is 330. The molecule has 0 spiro atoms. The first kappa shape index (κ1) is 11.8. The Hall–Kier alpha value is -0.180. The van der Waals surface area contributed by atoms with Crippen LogP contribution in [0.1, 0.15) is 0 Å². The highest BCUT2D eigenvalue weighted by Gasteiger charge is 2.13. The lowest BCUT2D eigenvalue weighted by atomic mass is 10.8. The van der Waals surface area contributed by atoms with Crippen LogP contribution < -0.4 is 5.14 Å². The van der Waals surface area contributed by atoms with Gasteiger partial charge < -0.3 is 0 Å². The molecule has 0 heterocycles. The molecule has 0 aromatic heterocycles. The minimum absolute atomic E-state index is 0.113. The number of rotatable bonds is 4. The number of sulfone groups is 1. The Morgan fingerprint density at radius 1 is 1.25 bits per heavy atom. The van der Waals surface area contributed by atoms with Gasteiger partial charge in [-0.3, -0.25) is 0 Å². The molecule has 0 aromatic rings. The Morgan fingerprint density at radius 2 is 1.67 bits per heavy atom. The predicted molar refractivity (Wildman–Crippen MR) is 45.4 cm³/mol. The topological polar surface area (TPSA) is 97.5 Å². The molecule has 0 saturated heterocycles. The highest BCUT2D eigenvalue weighted by atomic mass is 32.2. The summed E-state index contributed by atoms with van der Waals surface area (Å²) in [7, 11) is -5.67. The zero-order valence-electron chi connectivity index (χ0n) is 6.89. The lowest BCUT2D eigenvalue weighted by Crippen LogP contribution is -2.36. The van der Waals surface area contributed by atoms with Crippen LogP contribution >= 0.6 is 0 Å². The van der Waals surface area contributed by atoms with Crippen molar-refractivity contribution >= 4 is 20.0 Å². The van der Waals surface area contributed by atoms with Crippen LogP contribution in [0.5, 0.6) is 0 Å². The second kappa shape index (κ2) is 3.69. The van der Waals surface area contributed by atoms with Crippen molar-refractivity contribution in [2.45, 2.75) is 0 Å². The van der Waals surface area contributed by atoms with Gasteiger partial charge in [0.15, 0.2) is 0 Å². The van der Waals surface area contributed by atoms with Gasteiger partial charge in [0.2, 0.25) is 0 Å². The van der Waals surface area contributed by atoms with Crippen LogP contribution in [0, 0.1) is 0 Å². The quantitative estimate of drug-likeness (QED) is 0.597. The van der Waals surface area contributed by atoms with Crippen LogP contribution in [0.2, 0.25) is 0 Å². The van der Waals surface area contributed by atoms with E-state index in [2.05, 4.69) is 0 Å². The van der Waals surface area contributed by atoms with Crippen molar-refractivity contribution in [2.75, 3.05) is 25.6 Å². The second-order valence-corrected chi connectivity index (χ2v) is 6.41. The van der Waals surface area contributed by atoms with Gasteiger partial charge in [-0.2, -0.15) is 12.7 Å². The molecule has 0 atom stereocenters. The van der Waals surface area contributed by atoms with Crippen LogP contribution in [-0.4, -0.2) is 46.7 Å². The average molecular weight is 216 g/mol. The van der Waals surface area contributed by atoms with Gasteiger partial charge in [-0.05, 0) is 0 Å². The molecule has 2 N–H and O–H groups in total. The molecule has 0 radical (unpaired) electrons. The molecule has 0 fully saturated rings. The van der Waals surface area contributed by atoms with Gasteiger partial charge >= 0.3 is 0 Å². The van der Waals surface area contributed by atoms with Crippen molar-refractivity contribution < 1.29 is 16.8 Å². The third-order valence-corrected chi connectivity index (χ3v) is 3.19. The van der Waals surface area contributed by atoms with Crippen LogP contribution in [-0.2, 0) is 20.0 Å². The molecule has 0 unspecified atom stereocenters. The van der Waals surface area contributed by atoms with E-state index in [4.69, 9.17) is 5.14 Å². The first-order chi connectivity index (χ1) is 5.13. The third-order valence-electron chi connectivity index (χ3n) is 1.21. The normalized spacial score (nSPS) is 13.7. The maximum absolute atomic E-state index is 10.6. The zero-order chi connectivity index (χ0) is 9.99. The summed E-state index contributed by atoms with van der Waals surface area (Å²) in [6.07, 6.45) is 1.03. The molecule has 0 aliphatic carbocycles. The first-order valence-corrected chi connectivity index (χ1v) is 6.61. The average Bonchev–Trinajstić information content (AvgIpc) is 1.78. The summed E-state index contributed by atoms with van der Waals surface area (Å²) in [5, 5.41) is 4.71. The van der Waals surface area contributed by atoms with E-state index in [1.807, 2.05) is 0 Å². The van der Waals surface area contributed by atoms with E-state index in [1.165, 1.54) is 7.05 Å². The van der Waals surface area contributed by atoms with Gasteiger partial charge in [0.05, 0.1) is 5.75 Å². The van der Waals surface area contributed by atoms with E-state index in [9.17, 15) is 16.8 Å². The molecule has 0 saturated carbocycles. The minimum atomic E-state index is -3.76. The number of nitrogens with two attached hydrogens (primary N) is 1. The molecule has 74 valence electrons. The Morgan fingerprint density at radius 3 is 1.92 bits per heavy atom. The molecule has 8 heteroatoms. The summed E-state index contributed by atoms with van der Waals surface area (Å²) >= 11 is 0. The summed E-state index contributed by atoms with van der Waals surface area (Å²) in [6.45, 7) is -0.113. The van der Waals surface area contributed by atoms with E-state index in [-0.39, 0.29) is 12.3 Å². The largest absolute Gasteiger partial charge is 0.276 e. The predicted octanol–water partition coefficient (Wildman–Crippen LogP) is -1.83. The first-order valence-electron chi connectivity index (χ1n) is 3.05. The van der Waals surface area contributed by atoms with Crippen molar-refractivity contribution in [3.63, 3.8) is 0 Å². The number of nitrogens with zero attached hydrogens (tertiary/aromatic N) is 1. The Labute approximate surface area is 72.5 Å². The molecule has 6 nitrogen and oxygen atoms in total. The SMILES string of the molecule is CN(CCS(C)(=O)=O)S(N)(=O)=O. The van der Waals surface area contributed by atoms with Gasteiger partial charge in [0.1, 0.15) is 9.84 Å². The fourth-order valence-electron chi connectivity index (χ4n) is 0.422. The van der Waals surface area contributed by atoms with E-state index in [0.29, 0.717) is 0 Å². The summed E-state index contributed by atoms with van der Waals surface area (Å²) < 4.78 is 43.1.